The van der Waals surface area contributed by atoms with E-state index in [1.54, 1.807) is 12.1 Å². The Labute approximate surface area is 88.8 Å². The van der Waals surface area contributed by atoms with E-state index in [9.17, 15) is 4.79 Å². The Bertz CT molecular complexity index is 345. The minimum absolute atomic E-state index is 0.296. The van der Waals surface area contributed by atoms with E-state index in [2.05, 4.69) is 0 Å². The molecule has 0 bridgehead atoms. The summed E-state index contributed by atoms with van der Waals surface area (Å²) in [6.45, 7) is 5.06. The zero-order valence-corrected chi connectivity index (χ0v) is 9.26. The molecule has 0 radical (unpaired) electrons. The van der Waals surface area contributed by atoms with E-state index in [0.717, 1.165) is 5.56 Å². The van der Waals surface area contributed by atoms with Gasteiger partial charge in [-0.2, -0.15) is 0 Å². The number of rotatable bonds is 2. The molecule has 0 heterocycles. The summed E-state index contributed by atoms with van der Waals surface area (Å²) in [6.07, 6.45) is 0. The number of hydrogen-bond acceptors (Lipinski definition) is 2. The zero-order valence-electron chi connectivity index (χ0n) is 8.50. The summed E-state index contributed by atoms with van der Waals surface area (Å²) < 4.78 is 5.18. The molecule has 0 aliphatic heterocycles. The van der Waals surface area contributed by atoms with Crippen LogP contribution in [0.2, 0.25) is 5.02 Å². The van der Waals surface area contributed by atoms with Gasteiger partial charge in [0.2, 0.25) is 0 Å². The van der Waals surface area contributed by atoms with Crippen molar-refractivity contribution in [3.05, 3.63) is 34.9 Å². The lowest BCUT2D eigenvalue weighted by atomic mass is 9.98. The lowest BCUT2D eigenvalue weighted by Gasteiger charge is -2.24. The second kappa shape index (κ2) is 4.01. The molecule has 0 saturated carbocycles. The lowest BCUT2D eigenvalue weighted by molar-refractivity contribution is -0.154. The third kappa shape index (κ3) is 2.74. The Hall–Kier alpha value is -1.02. The van der Waals surface area contributed by atoms with Crippen molar-refractivity contribution >= 4 is 17.6 Å². The van der Waals surface area contributed by atoms with E-state index >= 15 is 0 Å². The molecular weight excluding hydrogens is 200 g/mol. The largest absolute Gasteiger partial charge is 0.455 e. The van der Waals surface area contributed by atoms with Crippen LogP contribution >= 0.6 is 11.6 Å². The topological polar surface area (TPSA) is 26.3 Å². The third-order valence-corrected chi connectivity index (χ3v) is 2.15. The molecule has 1 rings (SSSR count). The van der Waals surface area contributed by atoms with Crippen molar-refractivity contribution in [1.29, 1.82) is 0 Å². The van der Waals surface area contributed by atoms with Crippen LogP contribution in [-0.4, -0.2) is 5.97 Å². The molecule has 2 nitrogen and oxygen atoms in total. The van der Waals surface area contributed by atoms with Gasteiger partial charge < -0.3 is 4.74 Å². The molecule has 14 heavy (non-hydrogen) atoms. The molecule has 0 saturated heterocycles. The molecule has 0 unspecified atom stereocenters. The summed E-state index contributed by atoms with van der Waals surface area (Å²) in [7, 11) is 0. The Morgan fingerprint density at radius 2 is 2.07 bits per heavy atom. The predicted octanol–water partition coefficient (Wildman–Crippen LogP) is 3.14. The Kier molecular flexibility index (Phi) is 3.17. The summed E-state index contributed by atoms with van der Waals surface area (Å²) in [6, 6.07) is 7.30. The van der Waals surface area contributed by atoms with Crippen molar-refractivity contribution in [2.45, 2.75) is 26.4 Å². The van der Waals surface area contributed by atoms with Crippen molar-refractivity contribution in [1.82, 2.24) is 0 Å². The highest BCUT2D eigenvalue weighted by Crippen LogP contribution is 2.26. The maximum Gasteiger partial charge on any atom is 0.303 e. The maximum absolute atomic E-state index is 10.9. The highest BCUT2D eigenvalue weighted by molar-refractivity contribution is 6.30. The Morgan fingerprint density at radius 3 is 2.57 bits per heavy atom. The highest BCUT2D eigenvalue weighted by Gasteiger charge is 2.23. The summed E-state index contributed by atoms with van der Waals surface area (Å²) >= 11 is 5.85. The molecule has 3 heteroatoms. The average molecular weight is 213 g/mol. The van der Waals surface area contributed by atoms with Gasteiger partial charge in [0, 0.05) is 11.9 Å². The third-order valence-electron chi connectivity index (χ3n) is 1.92. The lowest BCUT2D eigenvalue weighted by Crippen LogP contribution is -2.24. The minimum atomic E-state index is -0.628. The van der Waals surface area contributed by atoms with Crippen LogP contribution in [0.15, 0.2) is 24.3 Å². The van der Waals surface area contributed by atoms with Crippen LogP contribution in [0.5, 0.6) is 0 Å². The number of ether oxygens (including phenoxy) is 1. The second-order valence-corrected chi connectivity index (χ2v) is 4.05. The predicted molar refractivity (Wildman–Crippen MR) is 56.2 cm³/mol. The summed E-state index contributed by atoms with van der Waals surface area (Å²) in [4.78, 5) is 10.9. The molecule has 0 aliphatic carbocycles. The van der Waals surface area contributed by atoms with Gasteiger partial charge >= 0.3 is 5.97 Å². The van der Waals surface area contributed by atoms with E-state index in [1.807, 2.05) is 26.0 Å². The maximum atomic E-state index is 10.9. The van der Waals surface area contributed by atoms with Crippen molar-refractivity contribution < 1.29 is 9.53 Å². The normalized spacial score (nSPS) is 11.1. The average Bonchev–Trinajstić information content (AvgIpc) is 2.01. The van der Waals surface area contributed by atoms with Gasteiger partial charge in [0.1, 0.15) is 5.60 Å². The molecule has 0 aliphatic rings. The van der Waals surface area contributed by atoms with Crippen LogP contribution in [0, 0.1) is 0 Å². The molecule has 0 amide bonds. The summed E-state index contributed by atoms with van der Waals surface area (Å²) in [5.74, 6) is -0.296. The van der Waals surface area contributed by atoms with Crippen LogP contribution in [0.4, 0.5) is 0 Å². The number of benzene rings is 1. The van der Waals surface area contributed by atoms with Gasteiger partial charge in [-0.3, -0.25) is 4.79 Å². The van der Waals surface area contributed by atoms with Crippen LogP contribution in [0.3, 0.4) is 0 Å². The van der Waals surface area contributed by atoms with Gasteiger partial charge in [-0.05, 0) is 31.5 Å². The van der Waals surface area contributed by atoms with Gasteiger partial charge in [0.05, 0.1) is 0 Å². The first-order chi connectivity index (χ1) is 6.42. The Balaban J connectivity index is 2.97. The molecule has 76 valence electrons. The van der Waals surface area contributed by atoms with Crippen LogP contribution < -0.4 is 0 Å². The number of carbonyl (C=O) groups is 1. The fraction of sp³-hybridized carbons (Fsp3) is 0.364. The minimum Gasteiger partial charge on any atom is -0.455 e. The van der Waals surface area contributed by atoms with Gasteiger partial charge in [0.15, 0.2) is 0 Å². The number of hydrogen-bond donors (Lipinski definition) is 0. The van der Waals surface area contributed by atoms with Gasteiger partial charge in [0.25, 0.3) is 0 Å². The Morgan fingerprint density at radius 1 is 1.43 bits per heavy atom. The zero-order chi connectivity index (χ0) is 10.8. The van der Waals surface area contributed by atoms with Crippen molar-refractivity contribution in [3.8, 4) is 0 Å². The fourth-order valence-corrected chi connectivity index (χ4v) is 1.47. The van der Waals surface area contributed by atoms with Crippen molar-refractivity contribution in [2.75, 3.05) is 0 Å². The van der Waals surface area contributed by atoms with Crippen LogP contribution in [-0.2, 0) is 15.1 Å². The van der Waals surface area contributed by atoms with E-state index in [1.165, 1.54) is 6.92 Å². The van der Waals surface area contributed by atoms with Gasteiger partial charge in [-0.15, -0.1) is 0 Å². The number of carbonyl (C=O) groups excluding carboxylic acids is 1. The van der Waals surface area contributed by atoms with E-state index in [-0.39, 0.29) is 5.97 Å². The molecule has 0 N–H and O–H groups in total. The number of halogens is 1. The molecule has 0 fully saturated rings. The first-order valence-corrected chi connectivity index (χ1v) is 4.75. The van der Waals surface area contributed by atoms with Gasteiger partial charge in [-0.25, -0.2) is 0 Å². The van der Waals surface area contributed by atoms with Crippen LogP contribution in [0.25, 0.3) is 0 Å². The highest BCUT2D eigenvalue weighted by atomic mass is 35.5. The van der Waals surface area contributed by atoms with Gasteiger partial charge in [-0.1, -0.05) is 23.7 Å². The standard InChI is InChI=1S/C11H13ClO2/c1-8(13)14-11(2,3)9-5-4-6-10(12)7-9/h4-7H,1-3H3. The SMILES string of the molecule is CC(=O)OC(C)(C)c1cccc(Cl)c1. The second-order valence-electron chi connectivity index (χ2n) is 3.61. The van der Waals surface area contributed by atoms with E-state index < -0.39 is 5.60 Å². The molecule has 1 aromatic carbocycles. The molecule has 0 atom stereocenters. The molecule has 1 aromatic rings. The monoisotopic (exact) mass is 212 g/mol. The first-order valence-electron chi connectivity index (χ1n) is 4.37. The van der Waals surface area contributed by atoms with E-state index in [0.29, 0.717) is 5.02 Å². The molecule has 0 spiro atoms. The summed E-state index contributed by atoms with van der Waals surface area (Å²) in [5.41, 5.74) is 0.261. The van der Waals surface area contributed by atoms with Crippen molar-refractivity contribution in [3.63, 3.8) is 0 Å². The molecule has 0 aromatic heterocycles. The smallest absolute Gasteiger partial charge is 0.303 e. The number of esters is 1. The summed E-state index contributed by atoms with van der Waals surface area (Å²) in [5, 5.41) is 0.641. The van der Waals surface area contributed by atoms with Crippen molar-refractivity contribution in [2.24, 2.45) is 0 Å². The fourth-order valence-electron chi connectivity index (χ4n) is 1.28. The van der Waals surface area contributed by atoms with Crippen LogP contribution in [0.1, 0.15) is 26.3 Å². The first kappa shape index (κ1) is 11.1. The quantitative estimate of drug-likeness (QED) is 0.704. The molecular formula is C11H13ClO2. The van der Waals surface area contributed by atoms with E-state index in [4.69, 9.17) is 16.3 Å².